The number of aromatic nitrogens is 2. The molecular formula is C38H72N2O4S5-2. The van der Waals surface area contributed by atoms with Gasteiger partial charge in [-0.05, 0) is 0 Å². The number of hydrogen-bond acceptors (Lipinski definition) is 9. The highest BCUT2D eigenvalue weighted by molar-refractivity contribution is 7.93. The molecule has 2 atom stereocenters. The van der Waals surface area contributed by atoms with E-state index >= 15 is 0 Å². The smallest absolute Gasteiger partial charge is 0.205 e. The van der Waals surface area contributed by atoms with Crippen LogP contribution >= 0.6 is 11.3 Å². The van der Waals surface area contributed by atoms with E-state index in [-0.39, 0.29) is 29.7 Å². The molecule has 1 aromatic heterocycles. The molecule has 290 valence electrons. The first-order valence-corrected chi connectivity index (χ1v) is 25.4. The van der Waals surface area contributed by atoms with Crippen LogP contribution in [0.5, 0.6) is 0 Å². The van der Waals surface area contributed by atoms with Gasteiger partial charge in [0.05, 0.1) is 21.6 Å². The van der Waals surface area contributed by atoms with Gasteiger partial charge in [0.25, 0.3) is 0 Å². The average molecular weight is 781 g/mol. The third-order valence-electron chi connectivity index (χ3n) is 9.37. The molecule has 0 N–H and O–H groups in total. The van der Waals surface area contributed by atoms with Crippen LogP contribution in [0.4, 0.5) is 0 Å². The second-order valence-corrected chi connectivity index (χ2v) is 23.3. The molecule has 1 aromatic rings. The predicted molar refractivity (Wildman–Crippen MR) is 221 cm³/mol. The Morgan fingerprint density at radius 1 is 0.510 bits per heavy atom. The monoisotopic (exact) mass is 780 g/mol. The zero-order valence-corrected chi connectivity index (χ0v) is 36.2. The van der Waals surface area contributed by atoms with E-state index in [0.29, 0.717) is 0 Å². The molecule has 1 rings (SSSR count). The molecule has 1 heterocycles. The lowest BCUT2D eigenvalue weighted by Gasteiger charge is -2.30. The van der Waals surface area contributed by atoms with Gasteiger partial charge in [0.2, 0.25) is 8.68 Å². The summed E-state index contributed by atoms with van der Waals surface area (Å²) in [6.45, 7) is 12.6. The first kappa shape index (κ1) is 46.9. The van der Waals surface area contributed by atoms with Gasteiger partial charge in [0, 0.05) is 11.5 Å². The van der Waals surface area contributed by atoms with Crippen LogP contribution < -0.4 is 0 Å². The van der Waals surface area contributed by atoms with E-state index in [1.165, 1.54) is 116 Å². The van der Waals surface area contributed by atoms with Crippen molar-refractivity contribution in [2.45, 2.75) is 214 Å². The van der Waals surface area contributed by atoms with Crippen LogP contribution in [0.15, 0.2) is 8.68 Å². The largest absolute Gasteiger partial charge is 0.461 e. The summed E-state index contributed by atoms with van der Waals surface area (Å²) in [5, 5.41) is 11.3. The SMILES string of the molecule is CCCCCCCCCCCCCC(C)(C)/[S-](=O)=C/CS(=O)c1nnc(S(=O)C/C=[S-](=O)/C(C)(C)CCCCCCCCCCCCC)s1. The van der Waals surface area contributed by atoms with Gasteiger partial charge in [0.1, 0.15) is 0 Å². The Hall–Kier alpha value is -0.100. The molecule has 2 unspecified atom stereocenters. The fourth-order valence-electron chi connectivity index (χ4n) is 5.85. The Morgan fingerprint density at radius 2 is 0.776 bits per heavy atom. The highest BCUT2D eigenvalue weighted by atomic mass is 32.2. The van der Waals surface area contributed by atoms with Gasteiger partial charge < -0.3 is 8.42 Å². The number of hydrogen-bond donors (Lipinski definition) is 0. The van der Waals surface area contributed by atoms with E-state index in [9.17, 15) is 16.8 Å². The van der Waals surface area contributed by atoms with Crippen molar-refractivity contribution >= 4 is 64.4 Å². The summed E-state index contributed by atoms with van der Waals surface area (Å²) in [7, 11) is -5.44. The van der Waals surface area contributed by atoms with Crippen LogP contribution in [0.25, 0.3) is 0 Å². The fraction of sp³-hybridized carbons (Fsp3) is 0.895. The molecule has 0 aliphatic carbocycles. The average Bonchev–Trinajstić information content (AvgIpc) is 3.58. The molecule has 6 nitrogen and oxygen atoms in total. The maximum Gasteiger partial charge on any atom is 0.205 e. The summed E-state index contributed by atoms with van der Waals surface area (Å²) in [5.74, 6) is 0.248. The second-order valence-electron chi connectivity index (χ2n) is 14.9. The number of nitrogens with zero attached hydrogens (tertiary/aromatic N) is 2. The molecular weight excluding hydrogens is 709 g/mol. The van der Waals surface area contributed by atoms with Crippen LogP contribution in [0, 0.1) is 0 Å². The first-order chi connectivity index (χ1) is 23.4. The van der Waals surface area contributed by atoms with Crippen molar-refractivity contribution < 1.29 is 16.8 Å². The molecule has 0 spiro atoms. The summed E-state index contributed by atoms with van der Waals surface area (Å²) < 4.78 is 51.7. The highest BCUT2D eigenvalue weighted by Crippen LogP contribution is 2.22. The first-order valence-electron chi connectivity index (χ1n) is 19.5. The molecule has 0 fully saturated rings. The van der Waals surface area contributed by atoms with Crippen LogP contribution in [0.3, 0.4) is 0 Å². The summed E-state index contributed by atoms with van der Waals surface area (Å²) >= 11 is 1.07. The van der Waals surface area contributed by atoms with E-state index in [1.807, 2.05) is 27.7 Å². The van der Waals surface area contributed by atoms with Gasteiger partial charge in [0.15, 0.2) is 0 Å². The molecule has 0 amide bonds. The third kappa shape index (κ3) is 22.5. The number of unbranched alkanes of at least 4 members (excludes halogenated alkanes) is 20. The molecule has 0 saturated heterocycles. The van der Waals surface area contributed by atoms with Crippen LogP contribution in [0.1, 0.15) is 196 Å². The van der Waals surface area contributed by atoms with Crippen LogP contribution in [-0.4, -0.2) is 50.3 Å². The Bertz CT molecular complexity index is 1120. The van der Waals surface area contributed by atoms with Crippen molar-refractivity contribution in [2.75, 3.05) is 11.5 Å². The summed E-state index contributed by atoms with van der Waals surface area (Å²) in [6, 6.07) is 0. The molecule has 0 radical (unpaired) electrons. The molecule has 49 heavy (non-hydrogen) atoms. The maximum atomic E-state index is 13.0. The van der Waals surface area contributed by atoms with E-state index in [0.717, 1.165) is 49.9 Å². The van der Waals surface area contributed by atoms with E-state index < -0.39 is 42.4 Å². The third-order valence-corrected chi connectivity index (χ3v) is 17.3. The van der Waals surface area contributed by atoms with E-state index in [2.05, 4.69) is 24.0 Å². The molecule has 0 aliphatic rings. The fourth-order valence-corrected chi connectivity index (χ4v) is 12.1. The maximum absolute atomic E-state index is 13.0. The summed E-state index contributed by atoms with van der Waals surface area (Å²) in [5.41, 5.74) is 0. The van der Waals surface area contributed by atoms with Crippen molar-refractivity contribution in [1.29, 1.82) is 0 Å². The number of rotatable bonds is 32. The van der Waals surface area contributed by atoms with Gasteiger partial charge >= 0.3 is 0 Å². The predicted octanol–water partition coefficient (Wildman–Crippen LogP) is 11.2. The second kappa shape index (κ2) is 28.4. The lowest BCUT2D eigenvalue weighted by molar-refractivity contribution is 0.511. The van der Waals surface area contributed by atoms with Gasteiger partial charge in [-0.3, -0.25) is 29.2 Å². The minimum atomic E-state index is -1.50. The van der Waals surface area contributed by atoms with Crippen molar-refractivity contribution in [3.8, 4) is 0 Å². The molecule has 0 aliphatic heterocycles. The topological polar surface area (TPSA) is 94.1 Å². The molecule has 11 heteroatoms. The molecule has 0 bridgehead atoms. The van der Waals surface area contributed by atoms with Crippen molar-refractivity contribution in [1.82, 2.24) is 10.2 Å². The Balaban J connectivity index is 2.38. The molecule has 0 aromatic carbocycles. The standard InChI is InChI=1S/C38H72N2O4S5/c1-7-9-11-13-15-17-19-21-23-25-27-29-37(3,4)48(43)33-31-46(41)35-39-40-36(45-35)47(42)32-34-49(44)38(5,6)30-28-26-24-22-20-18-16-14-12-10-8-2/h33-34H,7-32H2,1-6H3/q-2. The van der Waals surface area contributed by atoms with Gasteiger partial charge in [-0.2, -0.15) is 10.7 Å². The highest BCUT2D eigenvalue weighted by Gasteiger charge is 2.16. The summed E-state index contributed by atoms with van der Waals surface area (Å²) in [4.78, 5) is 0. The Labute approximate surface area is 315 Å². The van der Waals surface area contributed by atoms with Crippen LogP contribution in [0.2, 0.25) is 0 Å². The molecule has 0 saturated carbocycles. The van der Waals surface area contributed by atoms with Crippen LogP contribution in [-0.2, 0) is 50.8 Å². The van der Waals surface area contributed by atoms with Crippen molar-refractivity contribution in [3.63, 3.8) is 0 Å². The quantitative estimate of drug-likeness (QED) is 0.0410. The van der Waals surface area contributed by atoms with E-state index in [1.54, 1.807) is 10.7 Å². The van der Waals surface area contributed by atoms with Gasteiger partial charge in [-0.15, -0.1) is 10.2 Å². The van der Waals surface area contributed by atoms with Gasteiger partial charge in [-0.1, -0.05) is 216 Å². The van der Waals surface area contributed by atoms with Gasteiger partial charge in [-0.25, -0.2) is 0 Å². The lowest BCUT2D eigenvalue weighted by Crippen LogP contribution is -2.23. The minimum Gasteiger partial charge on any atom is -0.461 e. The van der Waals surface area contributed by atoms with Crippen molar-refractivity contribution in [3.05, 3.63) is 0 Å². The normalized spacial score (nSPS) is 15.1. The zero-order valence-electron chi connectivity index (χ0n) is 32.1. The zero-order chi connectivity index (χ0) is 36.4. The Morgan fingerprint density at radius 3 is 1.06 bits per heavy atom. The minimum absolute atomic E-state index is 0.124. The Kier molecular flexibility index (Phi) is 27.2. The summed E-state index contributed by atoms with van der Waals surface area (Å²) in [6.07, 6.45) is 30.0. The van der Waals surface area contributed by atoms with Crippen molar-refractivity contribution in [2.24, 2.45) is 0 Å². The lowest BCUT2D eigenvalue weighted by atomic mass is 10.0. The van der Waals surface area contributed by atoms with E-state index in [4.69, 9.17) is 0 Å².